The van der Waals surface area contributed by atoms with Crippen molar-refractivity contribution in [2.45, 2.75) is 26.4 Å². The molecule has 1 atom stereocenters. The van der Waals surface area contributed by atoms with Crippen LogP contribution in [0.3, 0.4) is 0 Å². The van der Waals surface area contributed by atoms with Gasteiger partial charge in [-0.3, -0.25) is 14.6 Å². The molecule has 0 saturated carbocycles. The second kappa shape index (κ2) is 12.4. The smallest absolute Gasteiger partial charge is 0.194 e. The minimum absolute atomic E-state index is 0. The van der Waals surface area contributed by atoms with Crippen molar-refractivity contribution in [2.75, 3.05) is 53.4 Å². The van der Waals surface area contributed by atoms with Crippen LogP contribution in [-0.4, -0.2) is 83.8 Å². The molecule has 3 rings (SSSR count). The molecule has 1 unspecified atom stereocenters. The number of aromatic nitrogens is 2. The van der Waals surface area contributed by atoms with Gasteiger partial charge in [0, 0.05) is 58.1 Å². The van der Waals surface area contributed by atoms with Gasteiger partial charge < -0.3 is 15.1 Å². The van der Waals surface area contributed by atoms with Crippen LogP contribution in [0.25, 0.3) is 0 Å². The highest BCUT2D eigenvalue weighted by Gasteiger charge is 2.21. The summed E-state index contributed by atoms with van der Waals surface area (Å²) in [6.45, 7) is 11.0. The van der Waals surface area contributed by atoms with E-state index in [1.54, 1.807) is 0 Å². The molecule has 1 aliphatic heterocycles. The minimum atomic E-state index is 0. The van der Waals surface area contributed by atoms with Crippen molar-refractivity contribution in [1.82, 2.24) is 29.8 Å². The summed E-state index contributed by atoms with van der Waals surface area (Å²) in [7, 11) is 6.16. The first-order chi connectivity index (χ1) is 14.5. The van der Waals surface area contributed by atoms with Crippen LogP contribution in [0.1, 0.15) is 29.7 Å². The summed E-state index contributed by atoms with van der Waals surface area (Å²) in [5, 5.41) is 7.82. The summed E-state index contributed by atoms with van der Waals surface area (Å²) in [6, 6.07) is 9.05. The lowest BCUT2D eigenvalue weighted by Gasteiger charge is -2.37. The van der Waals surface area contributed by atoms with Crippen molar-refractivity contribution in [2.24, 2.45) is 12.0 Å². The number of benzene rings is 1. The number of nitrogens with one attached hydrogen (secondary N) is 1. The van der Waals surface area contributed by atoms with E-state index < -0.39 is 0 Å². The van der Waals surface area contributed by atoms with Crippen LogP contribution < -0.4 is 5.32 Å². The van der Waals surface area contributed by atoms with Crippen molar-refractivity contribution in [3.63, 3.8) is 0 Å². The van der Waals surface area contributed by atoms with E-state index in [2.05, 4.69) is 83.5 Å². The Morgan fingerprint density at radius 3 is 2.55 bits per heavy atom. The number of halogens is 1. The van der Waals surface area contributed by atoms with E-state index in [0.29, 0.717) is 6.54 Å². The van der Waals surface area contributed by atoms with Crippen molar-refractivity contribution >= 4 is 29.9 Å². The first-order valence-electron chi connectivity index (χ1n) is 10.9. The van der Waals surface area contributed by atoms with Crippen LogP contribution in [0.4, 0.5) is 0 Å². The topological polar surface area (TPSA) is 51.9 Å². The van der Waals surface area contributed by atoms with Crippen LogP contribution >= 0.6 is 24.0 Å². The van der Waals surface area contributed by atoms with Crippen LogP contribution in [0.15, 0.2) is 41.7 Å². The highest BCUT2D eigenvalue weighted by molar-refractivity contribution is 14.0. The molecule has 0 amide bonds. The lowest BCUT2D eigenvalue weighted by atomic mass is 10.1. The molecule has 0 spiro atoms. The van der Waals surface area contributed by atoms with Crippen LogP contribution in [0, 0.1) is 6.92 Å². The maximum atomic E-state index is 5.00. The van der Waals surface area contributed by atoms with Gasteiger partial charge in [-0.25, -0.2) is 0 Å². The fourth-order valence-corrected chi connectivity index (χ4v) is 3.96. The molecular weight excluding hydrogens is 501 g/mol. The third-order valence-corrected chi connectivity index (χ3v) is 5.64. The van der Waals surface area contributed by atoms with Crippen molar-refractivity contribution in [1.29, 1.82) is 0 Å². The van der Waals surface area contributed by atoms with Gasteiger partial charge in [-0.15, -0.1) is 24.0 Å². The summed E-state index contributed by atoms with van der Waals surface area (Å²) in [4.78, 5) is 12.1. The number of hydrogen-bond donors (Lipinski definition) is 1. The molecule has 8 heteroatoms. The molecule has 31 heavy (non-hydrogen) atoms. The Morgan fingerprint density at radius 1 is 1.23 bits per heavy atom. The summed E-state index contributed by atoms with van der Waals surface area (Å²) in [5.74, 6) is 1.02. The molecule has 172 valence electrons. The van der Waals surface area contributed by atoms with Crippen LogP contribution in [0.2, 0.25) is 0 Å². The van der Waals surface area contributed by atoms with E-state index in [1.807, 2.05) is 17.9 Å². The Morgan fingerprint density at radius 2 is 1.97 bits per heavy atom. The Hall–Kier alpha value is -1.65. The average Bonchev–Trinajstić information content (AvgIpc) is 3.14. The second-order valence-electron chi connectivity index (χ2n) is 8.37. The van der Waals surface area contributed by atoms with Crippen LogP contribution in [-0.2, 0) is 13.6 Å². The number of nitrogens with zero attached hydrogens (tertiary/aromatic N) is 6. The molecule has 1 aromatic carbocycles. The first-order valence-corrected chi connectivity index (χ1v) is 10.9. The maximum Gasteiger partial charge on any atom is 0.194 e. The van der Waals surface area contributed by atoms with Gasteiger partial charge in [0.05, 0.1) is 18.8 Å². The highest BCUT2D eigenvalue weighted by Crippen LogP contribution is 2.18. The third kappa shape index (κ3) is 7.47. The fourth-order valence-electron chi connectivity index (χ4n) is 3.96. The lowest BCUT2D eigenvalue weighted by Crippen LogP contribution is -2.52. The number of aliphatic imine (C=N–C) groups is 1. The van der Waals surface area contributed by atoms with Gasteiger partial charge in [-0.05, 0) is 33.5 Å². The Kier molecular flexibility index (Phi) is 10.2. The fraction of sp³-hybridized carbons (Fsp3) is 0.565. The average molecular weight is 540 g/mol. The first kappa shape index (κ1) is 25.6. The Bertz CT molecular complexity index is 825. The van der Waals surface area contributed by atoms with Gasteiger partial charge in [-0.2, -0.15) is 5.10 Å². The molecule has 1 aliphatic rings. The van der Waals surface area contributed by atoms with Gasteiger partial charge in [0.1, 0.15) is 0 Å². The maximum absolute atomic E-state index is 5.00. The summed E-state index contributed by atoms with van der Waals surface area (Å²) in [6.07, 6.45) is 4.02. The van der Waals surface area contributed by atoms with Gasteiger partial charge in [0.25, 0.3) is 0 Å². The predicted octanol–water partition coefficient (Wildman–Crippen LogP) is 2.73. The number of likely N-dealkylation sites (N-methyl/N-ethyl adjacent to an activating group) is 1. The molecular formula is C23H38IN7. The lowest BCUT2D eigenvalue weighted by molar-refractivity contribution is 0.172. The zero-order valence-corrected chi connectivity index (χ0v) is 21.9. The van der Waals surface area contributed by atoms with Crippen molar-refractivity contribution in [3.8, 4) is 0 Å². The molecule has 0 aliphatic carbocycles. The van der Waals surface area contributed by atoms with Crippen LogP contribution in [0.5, 0.6) is 0 Å². The summed E-state index contributed by atoms with van der Waals surface area (Å²) in [5.41, 5.74) is 3.93. The van der Waals surface area contributed by atoms with E-state index in [4.69, 9.17) is 4.99 Å². The molecule has 1 fully saturated rings. The van der Waals surface area contributed by atoms with E-state index >= 15 is 0 Å². The zero-order valence-electron chi connectivity index (χ0n) is 19.6. The molecule has 0 radical (unpaired) electrons. The van der Waals surface area contributed by atoms with Crippen molar-refractivity contribution < 1.29 is 0 Å². The predicted molar refractivity (Wildman–Crippen MR) is 139 cm³/mol. The zero-order chi connectivity index (χ0) is 21.5. The van der Waals surface area contributed by atoms with Gasteiger partial charge in [-0.1, -0.05) is 29.8 Å². The molecule has 1 aromatic heterocycles. The molecule has 2 aromatic rings. The molecule has 7 nitrogen and oxygen atoms in total. The molecule has 1 saturated heterocycles. The largest absolute Gasteiger partial charge is 0.357 e. The standard InChI is InChI=1S/C23H37N7.HI/c1-6-24-23(25-16-22(27(3)4)21-15-26-28(5)18-21)30-12-10-29(11-13-30)17-20-9-7-8-19(2)14-20;/h7-9,14-15,18,22H,6,10-13,16-17H2,1-5H3,(H,24,25);1H. The molecule has 0 bridgehead atoms. The van der Waals surface area contributed by atoms with E-state index in [0.717, 1.165) is 45.2 Å². The highest BCUT2D eigenvalue weighted by atomic mass is 127. The van der Waals surface area contributed by atoms with Crippen molar-refractivity contribution in [3.05, 3.63) is 53.3 Å². The van der Waals surface area contributed by atoms with Gasteiger partial charge in [0.15, 0.2) is 5.96 Å². The SMILES string of the molecule is CCNC(=NCC(c1cnn(C)c1)N(C)C)N1CCN(Cc2cccc(C)c2)CC1.I. The third-order valence-electron chi connectivity index (χ3n) is 5.64. The number of aryl methyl sites for hydroxylation is 2. The van der Waals surface area contributed by atoms with E-state index in [1.165, 1.54) is 16.7 Å². The van der Waals surface area contributed by atoms with E-state index in [9.17, 15) is 0 Å². The monoisotopic (exact) mass is 539 g/mol. The second-order valence-corrected chi connectivity index (χ2v) is 8.37. The summed E-state index contributed by atoms with van der Waals surface area (Å²) < 4.78 is 1.86. The molecule has 2 heterocycles. The number of hydrogen-bond acceptors (Lipinski definition) is 4. The van der Waals surface area contributed by atoms with Gasteiger partial charge >= 0.3 is 0 Å². The summed E-state index contributed by atoms with van der Waals surface area (Å²) >= 11 is 0. The van der Waals surface area contributed by atoms with Gasteiger partial charge in [0.2, 0.25) is 0 Å². The Balaban J connectivity index is 0.00000341. The minimum Gasteiger partial charge on any atom is -0.357 e. The normalized spacial score (nSPS) is 16.3. The number of piperazine rings is 1. The molecule has 1 N–H and O–H groups in total. The quantitative estimate of drug-likeness (QED) is 0.333. The Labute approximate surface area is 204 Å². The van der Waals surface area contributed by atoms with E-state index in [-0.39, 0.29) is 30.0 Å². The number of guanidine groups is 1. The number of rotatable bonds is 7.